The Hall–Kier alpha value is -0.850. The standard InChI is InChI=1S/C14H22O/c1-12(2)5-4-6-13-7-9-14(3,11-15)10-8-13/h7,11H,1,4-6,8-10H2,2-3H3. The van der Waals surface area contributed by atoms with Crippen molar-refractivity contribution < 1.29 is 4.79 Å². The Balaban J connectivity index is 2.34. The molecule has 0 bridgehead atoms. The molecule has 0 amide bonds. The van der Waals surface area contributed by atoms with Gasteiger partial charge in [0.2, 0.25) is 0 Å². The minimum atomic E-state index is -0.0855. The van der Waals surface area contributed by atoms with Gasteiger partial charge in [-0.3, -0.25) is 0 Å². The Morgan fingerprint density at radius 3 is 2.87 bits per heavy atom. The normalized spacial score (nSPS) is 25.9. The number of aldehydes is 1. The predicted octanol–water partition coefficient (Wildman–Crippen LogP) is 4.05. The van der Waals surface area contributed by atoms with Crippen LogP contribution in [-0.2, 0) is 4.79 Å². The molecule has 0 N–H and O–H groups in total. The molecule has 0 saturated heterocycles. The Morgan fingerprint density at radius 1 is 1.67 bits per heavy atom. The Bertz CT molecular complexity index is 275. The minimum absolute atomic E-state index is 0.0855. The van der Waals surface area contributed by atoms with E-state index in [2.05, 4.69) is 26.5 Å². The monoisotopic (exact) mass is 206 g/mol. The Kier molecular flexibility index (Phi) is 4.31. The van der Waals surface area contributed by atoms with Crippen LogP contribution in [0.4, 0.5) is 0 Å². The van der Waals surface area contributed by atoms with E-state index in [9.17, 15) is 4.79 Å². The molecule has 1 aliphatic rings. The van der Waals surface area contributed by atoms with Gasteiger partial charge in [-0.1, -0.05) is 24.1 Å². The van der Waals surface area contributed by atoms with Crippen LogP contribution in [0.15, 0.2) is 23.8 Å². The molecule has 0 fully saturated rings. The largest absolute Gasteiger partial charge is 0.303 e. The average Bonchev–Trinajstić information content (AvgIpc) is 2.21. The zero-order valence-electron chi connectivity index (χ0n) is 10.0. The topological polar surface area (TPSA) is 17.1 Å². The molecule has 1 unspecified atom stereocenters. The summed E-state index contributed by atoms with van der Waals surface area (Å²) in [6.07, 6.45) is 9.97. The summed E-state index contributed by atoms with van der Waals surface area (Å²) in [5, 5.41) is 0. The van der Waals surface area contributed by atoms with Gasteiger partial charge in [0.05, 0.1) is 0 Å². The van der Waals surface area contributed by atoms with Crippen LogP contribution in [-0.4, -0.2) is 6.29 Å². The van der Waals surface area contributed by atoms with Crippen molar-refractivity contribution in [3.05, 3.63) is 23.8 Å². The van der Waals surface area contributed by atoms with Crippen LogP contribution >= 0.6 is 0 Å². The first-order valence-corrected chi connectivity index (χ1v) is 5.84. The summed E-state index contributed by atoms with van der Waals surface area (Å²) in [4.78, 5) is 10.9. The third kappa shape index (κ3) is 4.03. The highest BCUT2D eigenvalue weighted by Gasteiger charge is 2.25. The second-order valence-electron chi connectivity index (χ2n) is 5.15. The summed E-state index contributed by atoms with van der Waals surface area (Å²) >= 11 is 0. The summed E-state index contributed by atoms with van der Waals surface area (Å²) in [5.41, 5.74) is 2.72. The molecule has 0 spiro atoms. The number of rotatable bonds is 5. The lowest BCUT2D eigenvalue weighted by Crippen LogP contribution is -2.20. The van der Waals surface area contributed by atoms with Gasteiger partial charge in [0.1, 0.15) is 6.29 Å². The molecule has 1 aliphatic carbocycles. The summed E-state index contributed by atoms with van der Waals surface area (Å²) < 4.78 is 0. The molecule has 0 aromatic rings. The fraction of sp³-hybridized carbons (Fsp3) is 0.643. The lowest BCUT2D eigenvalue weighted by atomic mass is 9.77. The van der Waals surface area contributed by atoms with E-state index in [0.717, 1.165) is 32.0 Å². The van der Waals surface area contributed by atoms with Crippen LogP contribution in [0.1, 0.15) is 52.4 Å². The van der Waals surface area contributed by atoms with E-state index in [0.29, 0.717) is 0 Å². The van der Waals surface area contributed by atoms with E-state index in [1.54, 1.807) is 0 Å². The van der Waals surface area contributed by atoms with Gasteiger partial charge in [0.15, 0.2) is 0 Å². The maximum absolute atomic E-state index is 10.9. The SMILES string of the molecule is C=C(C)CCCC1=CCC(C)(C=O)CC1. The van der Waals surface area contributed by atoms with Gasteiger partial charge in [0.25, 0.3) is 0 Å². The van der Waals surface area contributed by atoms with Crippen molar-refractivity contribution >= 4 is 6.29 Å². The molecule has 1 rings (SSSR count). The van der Waals surface area contributed by atoms with Gasteiger partial charge in [0, 0.05) is 5.41 Å². The molecule has 0 saturated carbocycles. The van der Waals surface area contributed by atoms with Gasteiger partial charge in [-0.2, -0.15) is 0 Å². The zero-order valence-corrected chi connectivity index (χ0v) is 10.0. The van der Waals surface area contributed by atoms with Gasteiger partial charge < -0.3 is 4.79 Å². The van der Waals surface area contributed by atoms with Crippen LogP contribution in [0.25, 0.3) is 0 Å². The first-order valence-electron chi connectivity index (χ1n) is 5.84. The lowest BCUT2D eigenvalue weighted by molar-refractivity contribution is -0.115. The first-order chi connectivity index (χ1) is 7.06. The Labute approximate surface area is 93.3 Å². The van der Waals surface area contributed by atoms with Crippen molar-refractivity contribution in [3.63, 3.8) is 0 Å². The Morgan fingerprint density at radius 2 is 2.40 bits per heavy atom. The number of carbonyl (C=O) groups is 1. The van der Waals surface area contributed by atoms with Gasteiger partial charge in [-0.15, -0.1) is 6.58 Å². The fourth-order valence-electron chi connectivity index (χ4n) is 1.98. The fourth-order valence-corrected chi connectivity index (χ4v) is 1.98. The molecule has 84 valence electrons. The molecule has 0 aromatic carbocycles. The van der Waals surface area contributed by atoms with E-state index in [1.165, 1.54) is 24.0 Å². The second kappa shape index (κ2) is 5.29. The third-order valence-corrected chi connectivity index (χ3v) is 3.26. The minimum Gasteiger partial charge on any atom is -0.303 e. The third-order valence-electron chi connectivity index (χ3n) is 3.26. The number of hydrogen-bond donors (Lipinski definition) is 0. The van der Waals surface area contributed by atoms with Gasteiger partial charge in [-0.25, -0.2) is 0 Å². The molecule has 1 nitrogen and oxygen atoms in total. The van der Waals surface area contributed by atoms with Crippen LogP contribution in [0, 0.1) is 5.41 Å². The molecule has 15 heavy (non-hydrogen) atoms. The van der Waals surface area contributed by atoms with Crippen molar-refractivity contribution in [1.29, 1.82) is 0 Å². The highest BCUT2D eigenvalue weighted by atomic mass is 16.1. The van der Waals surface area contributed by atoms with Crippen LogP contribution < -0.4 is 0 Å². The molecule has 0 radical (unpaired) electrons. The highest BCUT2D eigenvalue weighted by molar-refractivity contribution is 5.59. The molecular formula is C14H22O. The summed E-state index contributed by atoms with van der Waals surface area (Å²) in [6, 6.07) is 0. The molecule has 0 aliphatic heterocycles. The van der Waals surface area contributed by atoms with E-state index in [4.69, 9.17) is 0 Å². The van der Waals surface area contributed by atoms with Crippen molar-refractivity contribution in [3.8, 4) is 0 Å². The highest BCUT2D eigenvalue weighted by Crippen LogP contribution is 2.34. The van der Waals surface area contributed by atoms with Crippen molar-refractivity contribution in [2.24, 2.45) is 5.41 Å². The molecule has 0 aromatic heterocycles. The molecule has 1 heteroatoms. The zero-order chi connectivity index (χ0) is 11.3. The van der Waals surface area contributed by atoms with Crippen LogP contribution in [0.3, 0.4) is 0 Å². The van der Waals surface area contributed by atoms with Gasteiger partial charge in [-0.05, 0) is 45.4 Å². The van der Waals surface area contributed by atoms with Crippen molar-refractivity contribution in [2.75, 3.05) is 0 Å². The lowest BCUT2D eigenvalue weighted by Gasteiger charge is -2.27. The van der Waals surface area contributed by atoms with E-state index in [-0.39, 0.29) is 5.41 Å². The van der Waals surface area contributed by atoms with Crippen LogP contribution in [0.2, 0.25) is 0 Å². The second-order valence-corrected chi connectivity index (χ2v) is 5.15. The maximum Gasteiger partial charge on any atom is 0.126 e. The summed E-state index contributed by atoms with van der Waals surface area (Å²) in [7, 11) is 0. The predicted molar refractivity (Wildman–Crippen MR) is 64.8 cm³/mol. The first kappa shape index (κ1) is 12.2. The number of carbonyl (C=O) groups excluding carboxylic acids is 1. The molecular weight excluding hydrogens is 184 g/mol. The quantitative estimate of drug-likeness (QED) is 0.490. The summed E-state index contributed by atoms with van der Waals surface area (Å²) in [6.45, 7) is 8.05. The number of allylic oxidation sites excluding steroid dienone is 3. The molecule has 0 heterocycles. The van der Waals surface area contributed by atoms with E-state index in [1.807, 2.05) is 0 Å². The maximum atomic E-state index is 10.9. The average molecular weight is 206 g/mol. The van der Waals surface area contributed by atoms with E-state index < -0.39 is 0 Å². The van der Waals surface area contributed by atoms with Crippen molar-refractivity contribution in [1.82, 2.24) is 0 Å². The smallest absolute Gasteiger partial charge is 0.126 e. The summed E-state index contributed by atoms with van der Waals surface area (Å²) in [5.74, 6) is 0. The van der Waals surface area contributed by atoms with Crippen molar-refractivity contribution in [2.45, 2.75) is 52.4 Å². The number of hydrogen-bond acceptors (Lipinski definition) is 1. The van der Waals surface area contributed by atoms with Crippen LogP contribution in [0.5, 0.6) is 0 Å². The molecule has 1 atom stereocenters. The van der Waals surface area contributed by atoms with Gasteiger partial charge >= 0.3 is 0 Å². The van der Waals surface area contributed by atoms with E-state index >= 15 is 0 Å².